The highest BCUT2D eigenvalue weighted by atomic mass is 16.5. The minimum absolute atomic E-state index is 0.272. The fourth-order valence-corrected chi connectivity index (χ4v) is 2.05. The lowest BCUT2D eigenvalue weighted by molar-refractivity contribution is 0.0697. The van der Waals surface area contributed by atoms with Crippen molar-refractivity contribution in [3.05, 3.63) is 71.9 Å². The fourth-order valence-electron chi connectivity index (χ4n) is 2.05. The molecule has 0 atom stereocenters. The van der Waals surface area contributed by atoms with Crippen molar-refractivity contribution in [3.8, 4) is 5.75 Å². The van der Waals surface area contributed by atoms with Gasteiger partial charge in [-0.1, -0.05) is 18.2 Å². The number of aromatic nitrogens is 1. The van der Waals surface area contributed by atoms with Gasteiger partial charge < -0.3 is 9.84 Å². The van der Waals surface area contributed by atoms with Crippen molar-refractivity contribution in [2.24, 2.45) is 0 Å². The third-order valence-electron chi connectivity index (χ3n) is 3.18. The second-order valence-electron chi connectivity index (χ2n) is 4.65. The van der Waals surface area contributed by atoms with E-state index in [-0.39, 0.29) is 5.56 Å². The van der Waals surface area contributed by atoms with Crippen LogP contribution in [-0.2, 0) is 6.61 Å². The number of benzene rings is 2. The normalized spacial score (nSPS) is 10.5. The lowest BCUT2D eigenvalue weighted by Gasteiger charge is -2.07. The molecule has 0 saturated carbocycles. The van der Waals surface area contributed by atoms with Gasteiger partial charge in [-0.2, -0.15) is 0 Å². The van der Waals surface area contributed by atoms with Crippen molar-refractivity contribution < 1.29 is 14.6 Å². The van der Waals surface area contributed by atoms with Gasteiger partial charge in [-0.3, -0.25) is 4.98 Å². The molecule has 1 N–H and O–H groups in total. The quantitative estimate of drug-likeness (QED) is 0.794. The highest BCUT2D eigenvalue weighted by Crippen LogP contribution is 2.19. The summed E-state index contributed by atoms with van der Waals surface area (Å²) in [5.41, 5.74) is 2.07. The number of ether oxygens (including phenoxy) is 1. The number of pyridine rings is 1. The van der Waals surface area contributed by atoms with E-state index in [9.17, 15) is 4.79 Å². The summed E-state index contributed by atoms with van der Waals surface area (Å²) in [4.78, 5) is 15.1. The first kappa shape index (κ1) is 13.1. The van der Waals surface area contributed by atoms with Crippen LogP contribution in [0.1, 0.15) is 15.9 Å². The first-order valence-electron chi connectivity index (χ1n) is 6.52. The number of carboxylic acids is 1. The molecule has 0 fully saturated rings. The molecule has 4 nitrogen and oxygen atoms in total. The summed E-state index contributed by atoms with van der Waals surface area (Å²) < 4.78 is 5.71. The van der Waals surface area contributed by atoms with Gasteiger partial charge in [-0.05, 0) is 35.9 Å². The van der Waals surface area contributed by atoms with E-state index in [1.54, 1.807) is 30.5 Å². The summed E-state index contributed by atoms with van der Waals surface area (Å²) in [5, 5.41) is 9.91. The minimum Gasteiger partial charge on any atom is -0.489 e. The van der Waals surface area contributed by atoms with Crippen LogP contribution in [-0.4, -0.2) is 16.1 Å². The van der Waals surface area contributed by atoms with Crippen LogP contribution < -0.4 is 4.74 Å². The van der Waals surface area contributed by atoms with Crippen LogP contribution in [0.3, 0.4) is 0 Å². The summed E-state index contributed by atoms with van der Waals surface area (Å²) in [6.07, 6.45) is 1.75. The third kappa shape index (κ3) is 3.00. The molecule has 0 spiro atoms. The second kappa shape index (κ2) is 5.63. The number of hydrogen-bond donors (Lipinski definition) is 1. The van der Waals surface area contributed by atoms with E-state index in [4.69, 9.17) is 9.84 Å². The maximum atomic E-state index is 10.8. The van der Waals surface area contributed by atoms with Crippen molar-refractivity contribution in [2.75, 3.05) is 0 Å². The van der Waals surface area contributed by atoms with Gasteiger partial charge in [0.25, 0.3) is 0 Å². The van der Waals surface area contributed by atoms with Crippen LogP contribution in [0.25, 0.3) is 10.9 Å². The molecule has 3 aromatic rings. The van der Waals surface area contributed by atoms with Gasteiger partial charge in [0.15, 0.2) is 0 Å². The predicted molar refractivity (Wildman–Crippen MR) is 79.5 cm³/mol. The van der Waals surface area contributed by atoms with Gasteiger partial charge in [-0.25, -0.2) is 4.79 Å². The minimum atomic E-state index is -0.928. The largest absolute Gasteiger partial charge is 0.489 e. The molecule has 0 bridgehead atoms. The van der Waals surface area contributed by atoms with Gasteiger partial charge in [-0.15, -0.1) is 0 Å². The first-order valence-corrected chi connectivity index (χ1v) is 6.52. The Bertz CT molecular complexity index is 781. The molecule has 2 aromatic carbocycles. The number of carboxylic acid groups (broad SMARTS) is 1. The van der Waals surface area contributed by atoms with E-state index in [2.05, 4.69) is 4.98 Å². The van der Waals surface area contributed by atoms with E-state index in [1.807, 2.05) is 30.3 Å². The lowest BCUT2D eigenvalue weighted by Crippen LogP contribution is -1.99. The van der Waals surface area contributed by atoms with Crippen molar-refractivity contribution in [3.63, 3.8) is 0 Å². The van der Waals surface area contributed by atoms with Crippen LogP contribution in [0.5, 0.6) is 5.75 Å². The Morgan fingerprint density at radius 2 is 1.90 bits per heavy atom. The van der Waals surface area contributed by atoms with Crippen LogP contribution in [0.15, 0.2) is 60.8 Å². The topological polar surface area (TPSA) is 59.4 Å². The van der Waals surface area contributed by atoms with E-state index < -0.39 is 5.97 Å². The van der Waals surface area contributed by atoms with E-state index in [1.165, 1.54) is 0 Å². The summed E-state index contributed by atoms with van der Waals surface area (Å²) in [6.45, 7) is 0.387. The van der Waals surface area contributed by atoms with Gasteiger partial charge in [0, 0.05) is 17.6 Å². The van der Waals surface area contributed by atoms with Crippen LogP contribution >= 0.6 is 0 Å². The molecule has 0 saturated heterocycles. The molecule has 0 unspecified atom stereocenters. The van der Waals surface area contributed by atoms with Crippen molar-refractivity contribution in [1.82, 2.24) is 4.98 Å². The highest BCUT2D eigenvalue weighted by molar-refractivity contribution is 5.87. The molecule has 1 heterocycles. The Morgan fingerprint density at radius 1 is 1.10 bits per heavy atom. The standard InChI is InChI=1S/C17H13NO3/c19-17(20)14-5-3-12(4-6-14)11-21-15-8-7-13-2-1-9-18-16(13)10-15/h1-10H,11H2,(H,19,20). The van der Waals surface area contributed by atoms with Crippen molar-refractivity contribution in [1.29, 1.82) is 0 Å². The average Bonchev–Trinajstić information content (AvgIpc) is 2.53. The predicted octanol–water partition coefficient (Wildman–Crippen LogP) is 3.51. The molecule has 1 aromatic heterocycles. The summed E-state index contributed by atoms with van der Waals surface area (Å²) in [7, 11) is 0. The average molecular weight is 279 g/mol. The third-order valence-corrected chi connectivity index (χ3v) is 3.18. The lowest BCUT2D eigenvalue weighted by atomic mass is 10.1. The maximum absolute atomic E-state index is 10.8. The Labute approximate surface area is 121 Å². The molecule has 0 aliphatic rings. The van der Waals surface area contributed by atoms with Gasteiger partial charge >= 0.3 is 5.97 Å². The molecule has 0 aliphatic heterocycles. The first-order chi connectivity index (χ1) is 10.2. The molecule has 3 rings (SSSR count). The van der Waals surface area contributed by atoms with Crippen molar-refractivity contribution in [2.45, 2.75) is 6.61 Å². The summed E-state index contributed by atoms with van der Waals surface area (Å²) >= 11 is 0. The molecule has 0 aliphatic carbocycles. The van der Waals surface area contributed by atoms with Crippen LogP contribution in [0.2, 0.25) is 0 Å². The number of fused-ring (bicyclic) bond motifs is 1. The van der Waals surface area contributed by atoms with Gasteiger partial charge in [0.1, 0.15) is 12.4 Å². The number of nitrogens with zero attached hydrogens (tertiary/aromatic N) is 1. The van der Waals surface area contributed by atoms with E-state index in [0.29, 0.717) is 6.61 Å². The molecule has 104 valence electrons. The Morgan fingerprint density at radius 3 is 2.67 bits per heavy atom. The van der Waals surface area contributed by atoms with Crippen LogP contribution in [0.4, 0.5) is 0 Å². The zero-order valence-electron chi connectivity index (χ0n) is 11.2. The zero-order chi connectivity index (χ0) is 14.7. The van der Waals surface area contributed by atoms with Crippen LogP contribution in [0, 0.1) is 0 Å². The van der Waals surface area contributed by atoms with E-state index >= 15 is 0 Å². The zero-order valence-corrected chi connectivity index (χ0v) is 11.2. The number of hydrogen-bond acceptors (Lipinski definition) is 3. The number of carbonyl (C=O) groups is 1. The molecule has 0 radical (unpaired) electrons. The number of rotatable bonds is 4. The maximum Gasteiger partial charge on any atom is 0.335 e. The monoisotopic (exact) mass is 279 g/mol. The van der Waals surface area contributed by atoms with E-state index in [0.717, 1.165) is 22.2 Å². The Balaban J connectivity index is 1.72. The highest BCUT2D eigenvalue weighted by Gasteiger charge is 2.03. The molecular weight excluding hydrogens is 266 g/mol. The second-order valence-corrected chi connectivity index (χ2v) is 4.65. The SMILES string of the molecule is O=C(O)c1ccc(COc2ccc3cccnc3c2)cc1. The molecule has 0 amide bonds. The Kier molecular flexibility index (Phi) is 3.51. The van der Waals surface area contributed by atoms with Gasteiger partial charge in [0.05, 0.1) is 11.1 Å². The van der Waals surface area contributed by atoms with Crippen molar-refractivity contribution >= 4 is 16.9 Å². The van der Waals surface area contributed by atoms with Gasteiger partial charge in [0.2, 0.25) is 0 Å². The smallest absolute Gasteiger partial charge is 0.335 e. The number of aromatic carboxylic acids is 1. The molecule has 4 heteroatoms. The Hall–Kier alpha value is -2.88. The fraction of sp³-hybridized carbons (Fsp3) is 0.0588. The summed E-state index contributed by atoms with van der Waals surface area (Å²) in [6, 6.07) is 16.3. The molecule has 21 heavy (non-hydrogen) atoms. The summed E-state index contributed by atoms with van der Waals surface area (Å²) in [5.74, 6) is -0.188. The molecular formula is C17H13NO3.